The summed E-state index contributed by atoms with van der Waals surface area (Å²) in [6.45, 7) is 0.120. The molecular formula is C12H14BrF3N2O2. The average Bonchev–Trinajstić information content (AvgIpc) is 2.37. The first-order chi connectivity index (χ1) is 9.23. The molecule has 4 nitrogen and oxygen atoms in total. The fraction of sp³-hybridized carbons (Fsp3) is 0.417. The molecule has 1 atom stereocenters. The zero-order valence-corrected chi connectivity index (χ0v) is 12.4. The standard InChI is InChI=1S/C12H14BrF3N2O2/c1-7(11(19)17-6-12(14,15)16)18-10-5-8(20-2)3-4-9(10)13/h3-5,7,18H,6H2,1-2H3,(H,17,19). The van der Waals surface area contributed by atoms with Crippen LogP contribution in [0, 0.1) is 0 Å². The molecule has 0 radical (unpaired) electrons. The van der Waals surface area contributed by atoms with Crippen molar-refractivity contribution >= 4 is 27.5 Å². The molecule has 1 aromatic rings. The predicted molar refractivity (Wildman–Crippen MR) is 72.8 cm³/mol. The first-order valence-corrected chi connectivity index (χ1v) is 6.47. The molecule has 1 aromatic carbocycles. The predicted octanol–water partition coefficient (Wildman–Crippen LogP) is 2.94. The topological polar surface area (TPSA) is 50.4 Å². The van der Waals surface area contributed by atoms with E-state index in [2.05, 4.69) is 21.2 Å². The minimum Gasteiger partial charge on any atom is -0.497 e. The van der Waals surface area contributed by atoms with E-state index in [0.717, 1.165) is 0 Å². The second-order valence-electron chi connectivity index (χ2n) is 4.04. The van der Waals surface area contributed by atoms with Crippen molar-refractivity contribution < 1.29 is 22.7 Å². The van der Waals surface area contributed by atoms with Crippen LogP contribution in [0.15, 0.2) is 22.7 Å². The molecular weight excluding hydrogens is 341 g/mol. The van der Waals surface area contributed by atoms with Gasteiger partial charge in [-0.15, -0.1) is 0 Å². The Morgan fingerprint density at radius 1 is 1.45 bits per heavy atom. The van der Waals surface area contributed by atoms with E-state index < -0.39 is 24.7 Å². The van der Waals surface area contributed by atoms with E-state index in [4.69, 9.17) is 4.74 Å². The molecule has 0 saturated carbocycles. The van der Waals surface area contributed by atoms with Gasteiger partial charge < -0.3 is 15.4 Å². The van der Waals surface area contributed by atoms with Gasteiger partial charge in [0.25, 0.3) is 0 Å². The van der Waals surface area contributed by atoms with Crippen molar-refractivity contribution in [1.82, 2.24) is 5.32 Å². The molecule has 0 heterocycles. The second-order valence-corrected chi connectivity index (χ2v) is 4.90. The minimum absolute atomic E-state index is 0.555. The first-order valence-electron chi connectivity index (χ1n) is 5.67. The molecule has 0 fully saturated rings. The third kappa shape index (κ3) is 5.28. The van der Waals surface area contributed by atoms with Crippen LogP contribution in [0.5, 0.6) is 5.75 Å². The van der Waals surface area contributed by atoms with Crippen LogP contribution in [-0.2, 0) is 4.79 Å². The summed E-state index contributed by atoms with van der Waals surface area (Å²) in [6, 6.07) is 4.24. The Bertz CT molecular complexity index is 480. The maximum Gasteiger partial charge on any atom is 0.405 e. The Morgan fingerprint density at radius 3 is 2.65 bits per heavy atom. The lowest BCUT2D eigenvalue weighted by Crippen LogP contribution is -2.42. The Kier molecular flexibility index (Phi) is 5.67. The fourth-order valence-corrected chi connectivity index (χ4v) is 1.74. The largest absolute Gasteiger partial charge is 0.497 e. The molecule has 0 spiro atoms. The second kappa shape index (κ2) is 6.83. The summed E-state index contributed by atoms with van der Waals surface area (Å²) in [4.78, 5) is 11.5. The molecule has 2 N–H and O–H groups in total. The van der Waals surface area contributed by atoms with Crippen LogP contribution in [0.1, 0.15) is 6.92 Å². The number of nitrogens with one attached hydrogen (secondary N) is 2. The highest BCUT2D eigenvalue weighted by Gasteiger charge is 2.28. The van der Waals surface area contributed by atoms with Crippen LogP contribution in [0.25, 0.3) is 0 Å². The highest BCUT2D eigenvalue weighted by Crippen LogP contribution is 2.27. The number of ether oxygens (including phenoxy) is 1. The van der Waals surface area contributed by atoms with E-state index in [-0.39, 0.29) is 0 Å². The van der Waals surface area contributed by atoms with Gasteiger partial charge in [0.05, 0.1) is 12.8 Å². The van der Waals surface area contributed by atoms with Crippen molar-refractivity contribution in [1.29, 1.82) is 0 Å². The minimum atomic E-state index is -4.42. The maximum absolute atomic E-state index is 12.0. The summed E-state index contributed by atoms with van der Waals surface area (Å²) < 4.78 is 41.7. The van der Waals surface area contributed by atoms with Crippen molar-refractivity contribution in [2.24, 2.45) is 0 Å². The lowest BCUT2D eigenvalue weighted by molar-refractivity contribution is -0.138. The number of rotatable bonds is 5. The van der Waals surface area contributed by atoms with E-state index in [0.29, 0.717) is 15.9 Å². The lowest BCUT2D eigenvalue weighted by Gasteiger charge is -2.17. The molecule has 0 aliphatic rings. The number of alkyl halides is 3. The molecule has 0 bridgehead atoms. The SMILES string of the molecule is COc1ccc(Br)c(NC(C)C(=O)NCC(F)(F)F)c1. The number of carbonyl (C=O) groups excluding carboxylic acids is 1. The van der Waals surface area contributed by atoms with Gasteiger partial charge in [0.1, 0.15) is 18.3 Å². The first kappa shape index (κ1) is 16.6. The molecule has 1 amide bonds. The van der Waals surface area contributed by atoms with Gasteiger partial charge in [-0.3, -0.25) is 4.79 Å². The zero-order chi connectivity index (χ0) is 15.3. The van der Waals surface area contributed by atoms with Gasteiger partial charge >= 0.3 is 6.18 Å². The molecule has 1 rings (SSSR count). The van der Waals surface area contributed by atoms with Crippen LogP contribution in [0.3, 0.4) is 0 Å². The Labute approximate surface area is 122 Å². The number of carbonyl (C=O) groups is 1. The van der Waals surface area contributed by atoms with Crippen molar-refractivity contribution in [3.05, 3.63) is 22.7 Å². The molecule has 0 aromatic heterocycles. The van der Waals surface area contributed by atoms with Crippen LogP contribution in [0.2, 0.25) is 0 Å². The van der Waals surface area contributed by atoms with Gasteiger partial charge in [-0.2, -0.15) is 13.2 Å². The highest BCUT2D eigenvalue weighted by atomic mass is 79.9. The van der Waals surface area contributed by atoms with Crippen LogP contribution in [0.4, 0.5) is 18.9 Å². The van der Waals surface area contributed by atoms with Crippen LogP contribution >= 0.6 is 15.9 Å². The number of anilines is 1. The molecule has 0 aliphatic carbocycles. The summed E-state index contributed by atoms with van der Waals surface area (Å²) >= 11 is 3.28. The van der Waals surface area contributed by atoms with Crippen LogP contribution < -0.4 is 15.4 Å². The number of hydrogen-bond donors (Lipinski definition) is 2. The van der Waals surface area contributed by atoms with Crippen molar-refractivity contribution in [3.8, 4) is 5.75 Å². The Balaban J connectivity index is 2.65. The van der Waals surface area contributed by atoms with Gasteiger partial charge in [0, 0.05) is 10.5 Å². The molecule has 1 unspecified atom stereocenters. The number of benzene rings is 1. The summed E-state index contributed by atoms with van der Waals surface area (Å²) in [5, 5.41) is 4.63. The van der Waals surface area contributed by atoms with Gasteiger partial charge in [-0.1, -0.05) is 0 Å². The van der Waals surface area contributed by atoms with Crippen molar-refractivity contribution in [3.63, 3.8) is 0 Å². The fourth-order valence-electron chi connectivity index (χ4n) is 1.38. The zero-order valence-electron chi connectivity index (χ0n) is 10.8. The summed E-state index contributed by atoms with van der Waals surface area (Å²) in [6.07, 6.45) is -4.42. The maximum atomic E-state index is 12.0. The van der Waals surface area contributed by atoms with E-state index in [9.17, 15) is 18.0 Å². The summed E-state index contributed by atoms with van der Waals surface area (Å²) in [5.74, 6) is -0.171. The molecule has 0 aliphatic heterocycles. The average molecular weight is 355 g/mol. The third-order valence-electron chi connectivity index (χ3n) is 2.40. The van der Waals surface area contributed by atoms with Gasteiger partial charge in [-0.05, 0) is 35.0 Å². The quantitative estimate of drug-likeness (QED) is 0.854. The number of halogens is 4. The lowest BCUT2D eigenvalue weighted by atomic mass is 10.2. The van der Waals surface area contributed by atoms with E-state index in [1.807, 2.05) is 5.32 Å². The normalized spacial score (nSPS) is 12.7. The van der Waals surface area contributed by atoms with Gasteiger partial charge in [0.2, 0.25) is 5.91 Å². The molecule has 112 valence electrons. The van der Waals surface area contributed by atoms with Gasteiger partial charge in [0.15, 0.2) is 0 Å². The molecule has 20 heavy (non-hydrogen) atoms. The smallest absolute Gasteiger partial charge is 0.405 e. The van der Waals surface area contributed by atoms with E-state index in [1.54, 1.807) is 18.2 Å². The summed E-state index contributed by atoms with van der Waals surface area (Å²) in [5.41, 5.74) is 0.555. The monoisotopic (exact) mass is 354 g/mol. The number of hydrogen-bond acceptors (Lipinski definition) is 3. The number of amides is 1. The number of methoxy groups -OCH3 is 1. The molecule has 0 saturated heterocycles. The van der Waals surface area contributed by atoms with Gasteiger partial charge in [-0.25, -0.2) is 0 Å². The van der Waals surface area contributed by atoms with E-state index in [1.165, 1.54) is 14.0 Å². The van der Waals surface area contributed by atoms with Crippen molar-refractivity contribution in [2.75, 3.05) is 19.0 Å². The highest BCUT2D eigenvalue weighted by molar-refractivity contribution is 9.10. The van der Waals surface area contributed by atoms with Crippen molar-refractivity contribution in [2.45, 2.75) is 19.1 Å². The summed E-state index contributed by atoms with van der Waals surface area (Å²) in [7, 11) is 1.49. The van der Waals surface area contributed by atoms with E-state index >= 15 is 0 Å². The Morgan fingerprint density at radius 2 is 2.10 bits per heavy atom. The Hall–Kier alpha value is -1.44. The molecule has 8 heteroatoms. The van der Waals surface area contributed by atoms with Crippen LogP contribution in [-0.4, -0.2) is 31.8 Å². The third-order valence-corrected chi connectivity index (χ3v) is 3.09.